The van der Waals surface area contributed by atoms with Crippen molar-refractivity contribution in [3.05, 3.63) is 35.9 Å². The van der Waals surface area contributed by atoms with Gasteiger partial charge in [-0.05, 0) is 37.7 Å². The van der Waals surface area contributed by atoms with Crippen molar-refractivity contribution in [2.45, 2.75) is 57.1 Å². The van der Waals surface area contributed by atoms with Crippen LogP contribution in [0, 0.1) is 0 Å². The summed E-state index contributed by atoms with van der Waals surface area (Å²) in [6.45, 7) is 4.76. The van der Waals surface area contributed by atoms with Crippen LogP contribution in [-0.2, 0) is 0 Å². The third-order valence-corrected chi connectivity index (χ3v) is 3.97. The van der Waals surface area contributed by atoms with Crippen LogP contribution in [0.3, 0.4) is 0 Å². The maximum atomic E-state index is 10.1. The highest BCUT2D eigenvalue weighted by Gasteiger charge is 2.31. The Hall–Kier alpha value is -0.860. The lowest BCUT2D eigenvalue weighted by molar-refractivity contribution is 0.0428. The Bertz CT molecular complexity index is 355. The van der Waals surface area contributed by atoms with E-state index in [1.807, 2.05) is 6.92 Å². The summed E-state index contributed by atoms with van der Waals surface area (Å²) >= 11 is 0. The van der Waals surface area contributed by atoms with Gasteiger partial charge in [-0.3, -0.25) is 0 Å². The lowest BCUT2D eigenvalue weighted by Gasteiger charge is -2.38. The van der Waals surface area contributed by atoms with E-state index in [2.05, 4.69) is 42.6 Å². The monoisotopic (exact) mass is 247 g/mol. The summed E-state index contributed by atoms with van der Waals surface area (Å²) in [4.78, 5) is 0. The van der Waals surface area contributed by atoms with E-state index in [9.17, 15) is 5.11 Å². The van der Waals surface area contributed by atoms with E-state index in [4.69, 9.17) is 0 Å². The number of hydrogen-bond acceptors (Lipinski definition) is 2. The summed E-state index contributed by atoms with van der Waals surface area (Å²) in [5.74, 6) is 0.708. The Labute approximate surface area is 110 Å². The molecule has 1 aromatic rings. The summed E-state index contributed by atoms with van der Waals surface area (Å²) in [7, 11) is 0. The van der Waals surface area contributed by atoms with Crippen LogP contribution >= 0.6 is 0 Å². The Morgan fingerprint density at radius 3 is 2.56 bits per heavy atom. The molecular formula is C16H25NO. The molecule has 1 aliphatic carbocycles. The molecule has 1 aromatic carbocycles. The number of nitrogens with one attached hydrogen (secondary N) is 1. The Morgan fingerprint density at radius 1 is 1.28 bits per heavy atom. The molecule has 18 heavy (non-hydrogen) atoms. The van der Waals surface area contributed by atoms with Crippen molar-refractivity contribution in [2.24, 2.45) is 0 Å². The van der Waals surface area contributed by atoms with E-state index in [-0.39, 0.29) is 0 Å². The molecule has 0 bridgehead atoms. The Kier molecular flexibility index (Phi) is 4.41. The number of benzene rings is 1. The molecule has 1 aliphatic rings. The maximum absolute atomic E-state index is 10.1. The van der Waals surface area contributed by atoms with Crippen LogP contribution in [0.25, 0.3) is 0 Å². The molecule has 2 heteroatoms. The second-order valence-electron chi connectivity index (χ2n) is 5.90. The molecule has 100 valence electrons. The Balaban J connectivity index is 1.71. The van der Waals surface area contributed by atoms with Gasteiger partial charge in [0, 0.05) is 12.6 Å². The van der Waals surface area contributed by atoms with Crippen molar-refractivity contribution in [1.82, 2.24) is 5.32 Å². The summed E-state index contributed by atoms with van der Waals surface area (Å²) in [6.07, 6.45) is 4.30. The predicted octanol–water partition coefficient (Wildman–Crippen LogP) is 3.07. The van der Waals surface area contributed by atoms with Crippen LogP contribution in [0.15, 0.2) is 30.3 Å². The van der Waals surface area contributed by atoms with Gasteiger partial charge in [0.1, 0.15) is 0 Å². The third-order valence-electron chi connectivity index (χ3n) is 3.97. The smallest absolute Gasteiger partial charge is 0.0743 e. The molecule has 2 rings (SSSR count). The van der Waals surface area contributed by atoms with Gasteiger partial charge < -0.3 is 10.4 Å². The van der Waals surface area contributed by atoms with Gasteiger partial charge in [0.05, 0.1) is 5.60 Å². The van der Waals surface area contributed by atoms with Gasteiger partial charge in [-0.1, -0.05) is 43.7 Å². The summed E-state index contributed by atoms with van der Waals surface area (Å²) < 4.78 is 0. The van der Waals surface area contributed by atoms with Gasteiger partial charge in [0.2, 0.25) is 0 Å². The van der Waals surface area contributed by atoms with Crippen molar-refractivity contribution in [2.75, 3.05) is 6.54 Å². The average molecular weight is 247 g/mol. The third kappa shape index (κ3) is 3.56. The maximum Gasteiger partial charge on any atom is 0.0743 e. The fourth-order valence-corrected chi connectivity index (χ4v) is 2.77. The molecule has 0 aliphatic heterocycles. The van der Waals surface area contributed by atoms with E-state index in [0.717, 1.165) is 12.8 Å². The lowest BCUT2D eigenvalue weighted by Crippen LogP contribution is -2.47. The van der Waals surface area contributed by atoms with Gasteiger partial charge in [0.15, 0.2) is 0 Å². The highest BCUT2D eigenvalue weighted by atomic mass is 16.3. The minimum Gasteiger partial charge on any atom is -0.389 e. The molecule has 1 fully saturated rings. The van der Waals surface area contributed by atoms with Gasteiger partial charge in [-0.25, -0.2) is 0 Å². The first-order valence-electron chi connectivity index (χ1n) is 7.11. The molecule has 0 amide bonds. The van der Waals surface area contributed by atoms with E-state index in [0.29, 0.717) is 18.5 Å². The first-order chi connectivity index (χ1) is 8.61. The van der Waals surface area contributed by atoms with E-state index in [1.165, 1.54) is 18.4 Å². The average Bonchev–Trinajstić information content (AvgIpc) is 2.28. The van der Waals surface area contributed by atoms with Gasteiger partial charge in [-0.15, -0.1) is 0 Å². The molecule has 0 spiro atoms. The zero-order chi connectivity index (χ0) is 13.0. The quantitative estimate of drug-likeness (QED) is 0.809. The minimum atomic E-state index is -0.549. The SMILES string of the molecule is CCCC(C)(O)CNC1CC(c2ccccc2)C1. The lowest BCUT2D eigenvalue weighted by atomic mass is 9.75. The summed E-state index contributed by atoms with van der Waals surface area (Å²) in [5, 5.41) is 13.6. The fraction of sp³-hybridized carbons (Fsp3) is 0.625. The van der Waals surface area contributed by atoms with Crippen LogP contribution in [0.5, 0.6) is 0 Å². The molecule has 0 radical (unpaired) electrons. The molecule has 1 unspecified atom stereocenters. The first-order valence-corrected chi connectivity index (χ1v) is 7.11. The van der Waals surface area contributed by atoms with E-state index >= 15 is 0 Å². The molecule has 2 nitrogen and oxygen atoms in total. The number of aliphatic hydroxyl groups is 1. The van der Waals surface area contributed by atoms with Crippen molar-refractivity contribution < 1.29 is 5.11 Å². The molecule has 0 heterocycles. The molecule has 0 saturated heterocycles. The number of hydrogen-bond donors (Lipinski definition) is 2. The molecule has 0 aromatic heterocycles. The van der Waals surface area contributed by atoms with Crippen LogP contribution in [0.2, 0.25) is 0 Å². The first kappa shape index (κ1) is 13.6. The molecule has 1 saturated carbocycles. The second-order valence-corrected chi connectivity index (χ2v) is 5.90. The molecular weight excluding hydrogens is 222 g/mol. The topological polar surface area (TPSA) is 32.3 Å². The predicted molar refractivity (Wildman–Crippen MR) is 75.7 cm³/mol. The zero-order valence-electron chi connectivity index (χ0n) is 11.5. The van der Waals surface area contributed by atoms with Crippen LogP contribution in [0.4, 0.5) is 0 Å². The minimum absolute atomic E-state index is 0.549. The largest absolute Gasteiger partial charge is 0.389 e. The standard InChI is InChI=1S/C16H25NO/c1-3-9-16(2,18)12-17-15-10-14(11-15)13-7-5-4-6-8-13/h4-8,14-15,17-18H,3,9-12H2,1-2H3. The van der Waals surface area contributed by atoms with E-state index in [1.54, 1.807) is 0 Å². The second kappa shape index (κ2) is 5.85. The van der Waals surface area contributed by atoms with Crippen LogP contribution in [0.1, 0.15) is 51.0 Å². The fourth-order valence-electron chi connectivity index (χ4n) is 2.77. The molecule has 1 atom stereocenters. The summed E-state index contributed by atoms with van der Waals surface area (Å²) in [6, 6.07) is 11.3. The van der Waals surface area contributed by atoms with Gasteiger partial charge in [0.25, 0.3) is 0 Å². The summed E-state index contributed by atoms with van der Waals surface area (Å²) in [5.41, 5.74) is 0.905. The van der Waals surface area contributed by atoms with Gasteiger partial charge >= 0.3 is 0 Å². The Morgan fingerprint density at radius 2 is 1.94 bits per heavy atom. The highest BCUT2D eigenvalue weighted by molar-refractivity contribution is 5.22. The van der Waals surface area contributed by atoms with E-state index < -0.39 is 5.60 Å². The van der Waals surface area contributed by atoms with Crippen LogP contribution in [-0.4, -0.2) is 23.3 Å². The van der Waals surface area contributed by atoms with Crippen molar-refractivity contribution in [3.8, 4) is 0 Å². The number of rotatable bonds is 6. The van der Waals surface area contributed by atoms with Crippen molar-refractivity contribution >= 4 is 0 Å². The van der Waals surface area contributed by atoms with Crippen molar-refractivity contribution in [1.29, 1.82) is 0 Å². The zero-order valence-corrected chi connectivity index (χ0v) is 11.5. The highest BCUT2D eigenvalue weighted by Crippen LogP contribution is 2.36. The molecule has 2 N–H and O–H groups in total. The van der Waals surface area contributed by atoms with Crippen LogP contribution < -0.4 is 5.32 Å². The van der Waals surface area contributed by atoms with Crippen molar-refractivity contribution in [3.63, 3.8) is 0 Å². The van der Waals surface area contributed by atoms with Gasteiger partial charge in [-0.2, -0.15) is 0 Å². The normalized spacial score (nSPS) is 26.4.